The summed E-state index contributed by atoms with van der Waals surface area (Å²) in [5.74, 6) is -0.282. The molecule has 1 saturated heterocycles. The number of nitro groups is 1. The van der Waals surface area contributed by atoms with Crippen molar-refractivity contribution < 1.29 is 14.5 Å². The van der Waals surface area contributed by atoms with E-state index in [0.717, 1.165) is 12.8 Å². The van der Waals surface area contributed by atoms with Crippen LogP contribution in [0.2, 0.25) is 0 Å². The van der Waals surface area contributed by atoms with Crippen LogP contribution >= 0.6 is 11.6 Å². The summed E-state index contributed by atoms with van der Waals surface area (Å²) in [5, 5.41) is 10.9. The quantitative estimate of drug-likeness (QED) is 0.488. The Morgan fingerprint density at radius 2 is 2.30 bits per heavy atom. The van der Waals surface area contributed by atoms with Crippen molar-refractivity contribution in [2.24, 2.45) is 0 Å². The topological polar surface area (TPSA) is 72.7 Å². The van der Waals surface area contributed by atoms with Crippen LogP contribution in [0.1, 0.15) is 23.2 Å². The van der Waals surface area contributed by atoms with E-state index in [-0.39, 0.29) is 28.3 Å². The molecule has 7 heteroatoms. The van der Waals surface area contributed by atoms with Crippen molar-refractivity contribution in [2.45, 2.75) is 18.2 Å². The first-order chi connectivity index (χ1) is 9.54. The zero-order valence-corrected chi connectivity index (χ0v) is 11.8. The molecule has 0 spiro atoms. The number of amides is 1. The van der Waals surface area contributed by atoms with Crippen molar-refractivity contribution in [3.63, 3.8) is 0 Å². The number of hydrogen-bond donors (Lipinski definition) is 0. The van der Waals surface area contributed by atoms with Crippen LogP contribution in [0.15, 0.2) is 18.2 Å². The Hall–Kier alpha value is -1.82. The smallest absolute Gasteiger partial charge is 0.311 e. The molecule has 0 N–H and O–H groups in total. The molecule has 0 bridgehead atoms. The van der Waals surface area contributed by atoms with Gasteiger partial charge in [0.15, 0.2) is 0 Å². The van der Waals surface area contributed by atoms with Crippen molar-refractivity contribution >= 4 is 23.2 Å². The highest BCUT2D eigenvalue weighted by molar-refractivity contribution is 6.21. The Bertz CT molecular complexity index is 535. The molecule has 1 aromatic carbocycles. The summed E-state index contributed by atoms with van der Waals surface area (Å²) in [6.45, 7) is 1.06. The van der Waals surface area contributed by atoms with E-state index >= 15 is 0 Å². The molecule has 6 nitrogen and oxygen atoms in total. The van der Waals surface area contributed by atoms with Crippen LogP contribution < -0.4 is 4.74 Å². The Labute approximate surface area is 121 Å². The average molecular weight is 299 g/mol. The molecule has 0 aromatic heterocycles. The molecule has 0 saturated carbocycles. The minimum absolute atomic E-state index is 0.000745. The van der Waals surface area contributed by atoms with E-state index in [0.29, 0.717) is 13.1 Å². The number of alkyl halides is 1. The third-order valence-corrected chi connectivity index (χ3v) is 3.63. The molecule has 108 valence electrons. The third kappa shape index (κ3) is 2.85. The van der Waals surface area contributed by atoms with Crippen molar-refractivity contribution in [2.75, 3.05) is 20.2 Å². The highest BCUT2D eigenvalue weighted by Gasteiger charge is 2.28. The first-order valence-corrected chi connectivity index (χ1v) is 6.73. The number of piperidine rings is 1. The van der Waals surface area contributed by atoms with Crippen LogP contribution in [0.25, 0.3) is 0 Å². The van der Waals surface area contributed by atoms with Gasteiger partial charge in [0.25, 0.3) is 5.91 Å². The van der Waals surface area contributed by atoms with Gasteiger partial charge in [-0.2, -0.15) is 0 Å². The summed E-state index contributed by atoms with van der Waals surface area (Å²) in [5.41, 5.74) is -0.00903. The Balaban J connectivity index is 2.34. The van der Waals surface area contributed by atoms with Gasteiger partial charge in [-0.1, -0.05) is 6.07 Å². The van der Waals surface area contributed by atoms with Gasteiger partial charge in [-0.25, -0.2) is 0 Å². The number of para-hydroxylation sites is 1. The largest absolute Gasteiger partial charge is 0.490 e. The van der Waals surface area contributed by atoms with Gasteiger partial charge in [0, 0.05) is 19.2 Å². The number of nitrogens with zero attached hydrogens (tertiary/aromatic N) is 2. The van der Waals surface area contributed by atoms with Gasteiger partial charge in [0.1, 0.15) is 0 Å². The molecule has 1 aromatic rings. The number of benzene rings is 1. The number of halogens is 1. The van der Waals surface area contributed by atoms with E-state index in [9.17, 15) is 14.9 Å². The maximum atomic E-state index is 12.5. The number of nitro benzene ring substituents is 1. The summed E-state index contributed by atoms with van der Waals surface area (Å²) < 4.78 is 5.05. The predicted octanol–water partition coefficient (Wildman–Crippen LogP) is 2.45. The maximum absolute atomic E-state index is 12.5. The average Bonchev–Trinajstić information content (AvgIpc) is 2.45. The predicted molar refractivity (Wildman–Crippen MR) is 74.4 cm³/mol. The van der Waals surface area contributed by atoms with Gasteiger partial charge in [-0.15, -0.1) is 11.6 Å². The summed E-state index contributed by atoms with van der Waals surface area (Å²) in [6, 6.07) is 4.33. The van der Waals surface area contributed by atoms with E-state index in [1.54, 1.807) is 4.90 Å². The minimum Gasteiger partial charge on any atom is -0.490 e. The molecule has 2 rings (SSSR count). The number of likely N-dealkylation sites (tertiary alicyclic amines) is 1. The fraction of sp³-hybridized carbons (Fsp3) is 0.462. The summed E-state index contributed by atoms with van der Waals surface area (Å²) in [4.78, 5) is 24.5. The van der Waals surface area contributed by atoms with E-state index < -0.39 is 4.92 Å². The zero-order valence-electron chi connectivity index (χ0n) is 11.0. The van der Waals surface area contributed by atoms with Crippen LogP contribution in [0.4, 0.5) is 5.69 Å². The van der Waals surface area contributed by atoms with Crippen LogP contribution in [-0.2, 0) is 0 Å². The lowest BCUT2D eigenvalue weighted by molar-refractivity contribution is -0.385. The molecule has 1 amide bonds. The molecule has 1 fully saturated rings. The van der Waals surface area contributed by atoms with Gasteiger partial charge < -0.3 is 9.64 Å². The minimum atomic E-state index is -0.559. The van der Waals surface area contributed by atoms with Crippen molar-refractivity contribution in [3.05, 3.63) is 33.9 Å². The lowest BCUT2D eigenvalue weighted by atomic mass is 10.1. The fourth-order valence-electron chi connectivity index (χ4n) is 2.33. The summed E-state index contributed by atoms with van der Waals surface area (Å²) in [6.07, 6.45) is 1.70. The van der Waals surface area contributed by atoms with Gasteiger partial charge in [0.2, 0.25) is 5.75 Å². The highest BCUT2D eigenvalue weighted by Crippen LogP contribution is 2.32. The molecule has 0 aliphatic carbocycles. The lowest BCUT2D eigenvalue weighted by Gasteiger charge is -2.30. The standard InChI is InChI=1S/C13H15ClN2O4/c1-20-12-10(5-2-6-11(12)16(18)19)13(17)15-7-3-4-9(14)8-15/h2,5-6,9H,3-4,7-8H2,1H3. The first-order valence-electron chi connectivity index (χ1n) is 6.29. The van der Waals surface area contributed by atoms with Gasteiger partial charge in [-0.3, -0.25) is 14.9 Å². The van der Waals surface area contributed by atoms with Crippen molar-refractivity contribution in [3.8, 4) is 5.75 Å². The maximum Gasteiger partial charge on any atom is 0.311 e. The molecule has 1 heterocycles. The lowest BCUT2D eigenvalue weighted by Crippen LogP contribution is -2.40. The van der Waals surface area contributed by atoms with Crippen LogP contribution in [0.5, 0.6) is 5.75 Å². The number of methoxy groups -OCH3 is 1. The Morgan fingerprint density at radius 1 is 1.55 bits per heavy atom. The summed E-state index contributed by atoms with van der Waals surface area (Å²) in [7, 11) is 1.32. The van der Waals surface area contributed by atoms with Gasteiger partial charge in [0.05, 0.1) is 23.0 Å². The van der Waals surface area contributed by atoms with Crippen molar-refractivity contribution in [1.29, 1.82) is 0 Å². The van der Waals surface area contributed by atoms with Crippen molar-refractivity contribution in [1.82, 2.24) is 4.90 Å². The number of ether oxygens (including phenoxy) is 1. The molecule has 20 heavy (non-hydrogen) atoms. The molecule has 0 radical (unpaired) electrons. The SMILES string of the molecule is COc1c(C(=O)N2CCCC(Cl)C2)cccc1[N+](=O)[O-]. The highest BCUT2D eigenvalue weighted by atomic mass is 35.5. The van der Waals surface area contributed by atoms with E-state index in [4.69, 9.17) is 16.3 Å². The number of rotatable bonds is 3. The molecule has 1 atom stereocenters. The van der Waals surface area contributed by atoms with Gasteiger partial charge >= 0.3 is 5.69 Å². The number of hydrogen-bond acceptors (Lipinski definition) is 4. The monoisotopic (exact) mass is 298 g/mol. The second-order valence-electron chi connectivity index (χ2n) is 4.61. The van der Waals surface area contributed by atoms with Crippen LogP contribution in [0.3, 0.4) is 0 Å². The summed E-state index contributed by atoms with van der Waals surface area (Å²) >= 11 is 6.06. The third-order valence-electron chi connectivity index (χ3n) is 3.28. The Kier molecular flexibility index (Phi) is 4.44. The van der Waals surface area contributed by atoms with E-state index in [1.807, 2.05) is 0 Å². The number of carbonyl (C=O) groups is 1. The number of carbonyl (C=O) groups excluding carboxylic acids is 1. The van der Waals surface area contributed by atoms with Gasteiger partial charge in [-0.05, 0) is 18.9 Å². The van der Waals surface area contributed by atoms with E-state index in [1.165, 1.54) is 25.3 Å². The molecular formula is C13H15ClN2O4. The van der Waals surface area contributed by atoms with E-state index in [2.05, 4.69) is 0 Å². The fourth-order valence-corrected chi connectivity index (χ4v) is 2.65. The molecule has 1 aliphatic heterocycles. The second kappa shape index (κ2) is 6.09. The molecule has 1 unspecified atom stereocenters. The second-order valence-corrected chi connectivity index (χ2v) is 5.22. The normalized spacial score (nSPS) is 18.7. The Morgan fingerprint density at radius 3 is 2.90 bits per heavy atom. The molecule has 1 aliphatic rings. The van der Waals surface area contributed by atoms with Crippen LogP contribution in [0, 0.1) is 10.1 Å². The molecular weight excluding hydrogens is 284 g/mol. The first kappa shape index (κ1) is 14.6. The zero-order chi connectivity index (χ0) is 14.7. The van der Waals surface area contributed by atoms with Crippen LogP contribution in [-0.4, -0.2) is 41.3 Å².